The van der Waals surface area contributed by atoms with E-state index in [1.54, 1.807) is 37.2 Å². The summed E-state index contributed by atoms with van der Waals surface area (Å²) in [6.45, 7) is 3.90. The third kappa shape index (κ3) is 7.05. The van der Waals surface area contributed by atoms with Crippen LogP contribution in [0.1, 0.15) is 28.8 Å². The molecule has 1 amide bonds. The van der Waals surface area contributed by atoms with Gasteiger partial charge in [-0.05, 0) is 78.8 Å². The van der Waals surface area contributed by atoms with Crippen molar-refractivity contribution in [2.75, 3.05) is 38.5 Å². The van der Waals surface area contributed by atoms with Crippen LogP contribution < -0.4 is 26.1 Å². The second kappa shape index (κ2) is 13.9. The topological polar surface area (TPSA) is 118 Å². The number of carbonyl (C=O) groups is 1. The number of hydrogen-bond acceptors (Lipinski definition) is 7. The van der Waals surface area contributed by atoms with Gasteiger partial charge in [0, 0.05) is 54.5 Å². The molecule has 1 aliphatic rings. The first-order valence-corrected chi connectivity index (χ1v) is 15.6. The lowest BCUT2D eigenvalue weighted by Gasteiger charge is -2.23. The van der Waals surface area contributed by atoms with Crippen LogP contribution in [0.4, 0.5) is 11.5 Å². The van der Waals surface area contributed by atoms with E-state index in [9.17, 15) is 9.59 Å². The lowest BCUT2D eigenvalue weighted by atomic mass is 9.99. The summed E-state index contributed by atoms with van der Waals surface area (Å²) >= 11 is 0. The van der Waals surface area contributed by atoms with Crippen molar-refractivity contribution in [1.82, 2.24) is 9.55 Å². The number of rotatable bonds is 9. The second-order valence-electron chi connectivity index (χ2n) is 11.8. The molecule has 3 aromatic carbocycles. The van der Waals surface area contributed by atoms with Crippen molar-refractivity contribution in [2.24, 2.45) is 5.92 Å². The molecule has 0 spiro atoms. The Balaban J connectivity index is 1.26. The van der Waals surface area contributed by atoms with Crippen molar-refractivity contribution in [3.63, 3.8) is 0 Å². The maximum atomic E-state index is 13.6. The standard InChI is InChI=1S/C38H38N4O5/c1-24-4-6-27(7-5-24)33-19-30(23-42(38(33)44)22-25-14-16-47-17-15-25)37(43)41-31-11-8-26(9-12-31)32-18-29(21-40-36(32)39)28-10-13-34(45-2)35(20-28)46-3/h4-13,18-21,23,25H,14-17,22H2,1-3H3,(H2,39,40)(H,41,43). The summed E-state index contributed by atoms with van der Waals surface area (Å²) in [5.41, 5.74) is 13.0. The van der Waals surface area contributed by atoms with E-state index in [1.165, 1.54) is 0 Å². The van der Waals surface area contributed by atoms with Crippen molar-refractivity contribution >= 4 is 17.4 Å². The molecule has 0 atom stereocenters. The Kier molecular flexibility index (Phi) is 9.35. The van der Waals surface area contributed by atoms with Gasteiger partial charge in [0.2, 0.25) is 0 Å². The van der Waals surface area contributed by atoms with Crippen LogP contribution >= 0.6 is 0 Å². The van der Waals surface area contributed by atoms with Crippen molar-refractivity contribution in [3.8, 4) is 44.9 Å². The number of nitrogen functional groups attached to an aromatic ring is 1. The number of ether oxygens (including phenoxy) is 3. The number of nitrogens with zero attached hydrogens (tertiary/aromatic N) is 2. The Bertz CT molecular complexity index is 1950. The maximum absolute atomic E-state index is 13.6. The highest BCUT2D eigenvalue weighted by Crippen LogP contribution is 2.35. The molecule has 1 saturated heterocycles. The predicted molar refractivity (Wildman–Crippen MR) is 185 cm³/mol. The van der Waals surface area contributed by atoms with Gasteiger partial charge in [-0.3, -0.25) is 9.59 Å². The molecule has 47 heavy (non-hydrogen) atoms. The molecule has 3 heterocycles. The smallest absolute Gasteiger partial charge is 0.258 e. The number of nitrogens with one attached hydrogen (secondary N) is 1. The number of aryl methyl sites for hydroxylation is 1. The highest BCUT2D eigenvalue weighted by Gasteiger charge is 2.19. The third-order valence-corrected chi connectivity index (χ3v) is 8.60. The summed E-state index contributed by atoms with van der Waals surface area (Å²) in [5, 5.41) is 3.00. The van der Waals surface area contributed by atoms with E-state index in [0.717, 1.165) is 46.2 Å². The van der Waals surface area contributed by atoms with Crippen LogP contribution in [0.2, 0.25) is 0 Å². The minimum absolute atomic E-state index is 0.109. The van der Waals surface area contributed by atoms with Gasteiger partial charge in [-0.2, -0.15) is 0 Å². The minimum atomic E-state index is -0.302. The third-order valence-electron chi connectivity index (χ3n) is 8.60. The lowest BCUT2D eigenvalue weighted by molar-refractivity contribution is 0.0609. The molecule has 9 heteroatoms. The fourth-order valence-corrected chi connectivity index (χ4v) is 5.86. The van der Waals surface area contributed by atoms with E-state index in [0.29, 0.717) is 59.8 Å². The summed E-state index contributed by atoms with van der Waals surface area (Å²) in [4.78, 5) is 31.7. The number of amides is 1. The van der Waals surface area contributed by atoms with Crippen molar-refractivity contribution in [2.45, 2.75) is 26.3 Å². The van der Waals surface area contributed by atoms with E-state index in [-0.39, 0.29) is 11.5 Å². The zero-order chi connectivity index (χ0) is 32.9. The average molecular weight is 631 g/mol. The van der Waals surface area contributed by atoms with Gasteiger partial charge in [0.05, 0.1) is 19.8 Å². The van der Waals surface area contributed by atoms with Gasteiger partial charge in [0.25, 0.3) is 11.5 Å². The largest absolute Gasteiger partial charge is 0.493 e. The fourth-order valence-electron chi connectivity index (χ4n) is 5.86. The van der Waals surface area contributed by atoms with E-state index in [1.807, 2.05) is 79.7 Å². The molecular weight excluding hydrogens is 592 g/mol. The first-order valence-electron chi connectivity index (χ1n) is 15.6. The van der Waals surface area contributed by atoms with Crippen LogP contribution in [0.5, 0.6) is 11.5 Å². The summed E-state index contributed by atoms with van der Waals surface area (Å²) in [5.74, 6) is 1.66. The first-order chi connectivity index (χ1) is 22.8. The Morgan fingerprint density at radius 3 is 2.23 bits per heavy atom. The molecular formula is C38H38N4O5. The number of carbonyl (C=O) groups excluding carboxylic acids is 1. The Labute approximate surface area is 274 Å². The van der Waals surface area contributed by atoms with Gasteiger partial charge in [-0.15, -0.1) is 0 Å². The minimum Gasteiger partial charge on any atom is -0.493 e. The number of aromatic nitrogens is 2. The number of benzene rings is 3. The van der Waals surface area contributed by atoms with Crippen molar-refractivity contribution in [3.05, 3.63) is 113 Å². The van der Waals surface area contributed by atoms with Gasteiger partial charge in [0.1, 0.15) is 5.82 Å². The monoisotopic (exact) mass is 630 g/mol. The van der Waals surface area contributed by atoms with E-state index >= 15 is 0 Å². The van der Waals surface area contributed by atoms with Crippen LogP contribution in [0.25, 0.3) is 33.4 Å². The molecule has 3 N–H and O–H groups in total. The zero-order valence-electron chi connectivity index (χ0n) is 26.8. The Morgan fingerprint density at radius 1 is 0.872 bits per heavy atom. The summed E-state index contributed by atoms with van der Waals surface area (Å²) in [6, 6.07) is 24.6. The van der Waals surface area contributed by atoms with Crippen LogP contribution in [0, 0.1) is 12.8 Å². The molecule has 2 aromatic heterocycles. The Morgan fingerprint density at radius 2 is 1.53 bits per heavy atom. The molecule has 0 aliphatic carbocycles. The SMILES string of the molecule is COc1ccc(-c2cnc(N)c(-c3ccc(NC(=O)c4cc(-c5ccc(C)cc5)c(=O)n(CC5CCOCC5)c4)cc3)c2)cc1OC. The number of hydrogen-bond donors (Lipinski definition) is 2. The van der Waals surface area contributed by atoms with Crippen LogP contribution in [-0.4, -0.2) is 42.9 Å². The fraction of sp³-hybridized carbons (Fsp3) is 0.237. The van der Waals surface area contributed by atoms with Gasteiger partial charge in [-0.25, -0.2) is 4.98 Å². The van der Waals surface area contributed by atoms with Gasteiger partial charge in [0.15, 0.2) is 11.5 Å². The number of anilines is 2. The molecule has 0 saturated carbocycles. The highest BCUT2D eigenvalue weighted by molar-refractivity contribution is 6.04. The zero-order valence-corrected chi connectivity index (χ0v) is 26.8. The normalized spacial score (nSPS) is 13.3. The highest BCUT2D eigenvalue weighted by atomic mass is 16.5. The number of pyridine rings is 2. The molecule has 0 radical (unpaired) electrons. The molecule has 0 unspecified atom stereocenters. The Hall–Kier alpha value is -5.41. The van der Waals surface area contributed by atoms with E-state index in [4.69, 9.17) is 19.9 Å². The molecule has 1 fully saturated rings. The molecule has 6 rings (SSSR count). The lowest BCUT2D eigenvalue weighted by Crippen LogP contribution is -2.29. The van der Waals surface area contributed by atoms with Gasteiger partial charge >= 0.3 is 0 Å². The average Bonchev–Trinajstić information content (AvgIpc) is 3.10. The van der Waals surface area contributed by atoms with Crippen LogP contribution in [-0.2, 0) is 11.3 Å². The van der Waals surface area contributed by atoms with Gasteiger partial charge in [-0.1, -0.05) is 48.0 Å². The maximum Gasteiger partial charge on any atom is 0.258 e. The molecule has 5 aromatic rings. The summed E-state index contributed by atoms with van der Waals surface area (Å²) < 4.78 is 18.0. The van der Waals surface area contributed by atoms with E-state index in [2.05, 4.69) is 10.3 Å². The molecule has 240 valence electrons. The molecule has 0 bridgehead atoms. The van der Waals surface area contributed by atoms with Gasteiger partial charge < -0.3 is 29.8 Å². The summed E-state index contributed by atoms with van der Waals surface area (Å²) in [6.07, 6.45) is 5.16. The quantitative estimate of drug-likeness (QED) is 0.183. The van der Waals surface area contributed by atoms with Crippen LogP contribution in [0.3, 0.4) is 0 Å². The number of nitrogens with two attached hydrogens (primary N) is 1. The number of methoxy groups -OCH3 is 2. The molecule has 1 aliphatic heterocycles. The second-order valence-corrected chi connectivity index (χ2v) is 11.8. The van der Waals surface area contributed by atoms with E-state index < -0.39 is 0 Å². The van der Waals surface area contributed by atoms with Crippen molar-refractivity contribution in [1.29, 1.82) is 0 Å². The van der Waals surface area contributed by atoms with Crippen molar-refractivity contribution < 1.29 is 19.0 Å². The molecule has 9 nitrogen and oxygen atoms in total. The predicted octanol–water partition coefficient (Wildman–Crippen LogP) is 6.83. The summed E-state index contributed by atoms with van der Waals surface area (Å²) in [7, 11) is 3.20. The first kappa shape index (κ1) is 31.6. The van der Waals surface area contributed by atoms with Crippen LogP contribution in [0.15, 0.2) is 96.1 Å².